The minimum absolute atomic E-state index is 0.241. The summed E-state index contributed by atoms with van der Waals surface area (Å²) in [5.74, 6) is 0.165. The standard InChI is InChI=1S/C14H12Cl2N2O2/c1-20-12(19)7-6-9-8-17-14(18-13(9)16)10-4-2-3-5-11(10)15/h2-5,8H,6-7H2,1H3. The molecule has 2 rings (SSSR count). The van der Waals surface area contributed by atoms with E-state index in [1.807, 2.05) is 18.2 Å². The molecule has 0 aliphatic heterocycles. The van der Waals surface area contributed by atoms with Crippen molar-refractivity contribution in [2.75, 3.05) is 7.11 Å². The van der Waals surface area contributed by atoms with Crippen LogP contribution in [0.2, 0.25) is 10.2 Å². The highest BCUT2D eigenvalue weighted by molar-refractivity contribution is 6.33. The first-order chi connectivity index (χ1) is 9.61. The Labute approximate surface area is 126 Å². The fraction of sp³-hybridized carbons (Fsp3) is 0.214. The van der Waals surface area contributed by atoms with E-state index in [-0.39, 0.29) is 12.4 Å². The third-order valence-electron chi connectivity index (χ3n) is 2.75. The van der Waals surface area contributed by atoms with Gasteiger partial charge in [-0.05, 0) is 18.6 Å². The van der Waals surface area contributed by atoms with E-state index in [0.717, 1.165) is 5.56 Å². The number of benzene rings is 1. The molecule has 0 amide bonds. The Morgan fingerprint density at radius 3 is 2.70 bits per heavy atom. The molecule has 104 valence electrons. The fourth-order valence-electron chi connectivity index (χ4n) is 1.66. The molecule has 1 aromatic carbocycles. The molecule has 0 atom stereocenters. The first-order valence-electron chi connectivity index (χ1n) is 5.95. The van der Waals surface area contributed by atoms with Crippen molar-refractivity contribution in [2.45, 2.75) is 12.8 Å². The molecule has 1 heterocycles. The van der Waals surface area contributed by atoms with Gasteiger partial charge in [-0.1, -0.05) is 35.3 Å². The fourth-order valence-corrected chi connectivity index (χ4v) is 2.11. The van der Waals surface area contributed by atoms with Crippen LogP contribution in [0.4, 0.5) is 0 Å². The summed E-state index contributed by atoms with van der Waals surface area (Å²) in [5.41, 5.74) is 1.42. The quantitative estimate of drug-likeness (QED) is 0.640. The average molecular weight is 311 g/mol. The highest BCUT2D eigenvalue weighted by Crippen LogP contribution is 2.26. The molecule has 4 nitrogen and oxygen atoms in total. The molecule has 1 aromatic heterocycles. The summed E-state index contributed by atoms with van der Waals surface area (Å²) >= 11 is 12.2. The number of halogens is 2. The van der Waals surface area contributed by atoms with Crippen LogP contribution in [0, 0.1) is 0 Å². The zero-order valence-corrected chi connectivity index (χ0v) is 12.3. The van der Waals surface area contributed by atoms with Gasteiger partial charge in [-0.2, -0.15) is 0 Å². The van der Waals surface area contributed by atoms with E-state index in [9.17, 15) is 4.79 Å². The molecular formula is C14H12Cl2N2O2. The number of methoxy groups -OCH3 is 1. The van der Waals surface area contributed by atoms with Gasteiger partial charge in [0.15, 0.2) is 5.82 Å². The molecule has 0 saturated carbocycles. The first-order valence-corrected chi connectivity index (χ1v) is 6.70. The molecule has 0 bridgehead atoms. The van der Waals surface area contributed by atoms with Gasteiger partial charge in [-0.25, -0.2) is 9.97 Å². The average Bonchev–Trinajstić information content (AvgIpc) is 2.46. The van der Waals surface area contributed by atoms with E-state index in [1.165, 1.54) is 7.11 Å². The van der Waals surface area contributed by atoms with Crippen molar-refractivity contribution in [3.05, 3.63) is 46.2 Å². The molecule has 0 aliphatic carbocycles. The molecule has 20 heavy (non-hydrogen) atoms. The van der Waals surface area contributed by atoms with Crippen LogP contribution in [0.15, 0.2) is 30.5 Å². The predicted octanol–water partition coefficient (Wildman–Crippen LogP) is 3.56. The lowest BCUT2D eigenvalue weighted by Crippen LogP contribution is -2.03. The van der Waals surface area contributed by atoms with Gasteiger partial charge in [0, 0.05) is 23.7 Å². The van der Waals surface area contributed by atoms with Gasteiger partial charge in [0.2, 0.25) is 0 Å². The summed E-state index contributed by atoms with van der Waals surface area (Å²) in [6.45, 7) is 0. The van der Waals surface area contributed by atoms with E-state index in [2.05, 4.69) is 14.7 Å². The normalized spacial score (nSPS) is 10.3. The lowest BCUT2D eigenvalue weighted by Gasteiger charge is -2.06. The van der Waals surface area contributed by atoms with E-state index in [0.29, 0.717) is 28.0 Å². The second kappa shape index (κ2) is 6.68. The highest BCUT2D eigenvalue weighted by atomic mass is 35.5. The topological polar surface area (TPSA) is 52.1 Å². The lowest BCUT2D eigenvalue weighted by molar-refractivity contribution is -0.140. The molecule has 6 heteroatoms. The molecule has 0 N–H and O–H groups in total. The number of carbonyl (C=O) groups is 1. The number of nitrogens with zero attached hydrogens (tertiary/aromatic N) is 2. The summed E-state index contributed by atoms with van der Waals surface area (Å²) < 4.78 is 4.58. The van der Waals surface area contributed by atoms with Crippen LogP contribution in [0.25, 0.3) is 11.4 Å². The Hall–Kier alpha value is -1.65. The largest absolute Gasteiger partial charge is 0.469 e. The van der Waals surface area contributed by atoms with Crippen LogP contribution >= 0.6 is 23.2 Å². The van der Waals surface area contributed by atoms with Crippen molar-refractivity contribution in [1.82, 2.24) is 9.97 Å². The number of aromatic nitrogens is 2. The maximum absolute atomic E-state index is 11.1. The SMILES string of the molecule is COC(=O)CCc1cnc(-c2ccccc2Cl)nc1Cl. The molecule has 0 radical (unpaired) electrons. The molecule has 0 aliphatic rings. The molecule has 0 fully saturated rings. The van der Waals surface area contributed by atoms with Crippen molar-refractivity contribution in [3.8, 4) is 11.4 Å². The summed E-state index contributed by atoms with van der Waals surface area (Å²) in [6.07, 6.45) is 2.29. The second-order valence-electron chi connectivity index (χ2n) is 4.07. The smallest absolute Gasteiger partial charge is 0.305 e. The molecule has 0 spiro atoms. The van der Waals surface area contributed by atoms with Gasteiger partial charge in [-0.3, -0.25) is 4.79 Å². The number of rotatable bonds is 4. The van der Waals surface area contributed by atoms with Gasteiger partial charge < -0.3 is 4.74 Å². The summed E-state index contributed by atoms with van der Waals surface area (Å²) in [4.78, 5) is 19.6. The Morgan fingerprint density at radius 2 is 2.05 bits per heavy atom. The number of esters is 1. The van der Waals surface area contributed by atoms with Crippen LogP contribution in [0.1, 0.15) is 12.0 Å². The van der Waals surface area contributed by atoms with Crippen molar-refractivity contribution >= 4 is 29.2 Å². The van der Waals surface area contributed by atoms with Crippen molar-refractivity contribution in [1.29, 1.82) is 0 Å². The Bertz CT molecular complexity index is 632. The van der Waals surface area contributed by atoms with Crippen LogP contribution in [0.5, 0.6) is 0 Å². The summed E-state index contributed by atoms with van der Waals surface area (Å²) in [5, 5.41) is 0.879. The van der Waals surface area contributed by atoms with Crippen LogP contribution in [-0.2, 0) is 16.0 Å². The minimum Gasteiger partial charge on any atom is -0.469 e. The van der Waals surface area contributed by atoms with Crippen molar-refractivity contribution < 1.29 is 9.53 Å². The lowest BCUT2D eigenvalue weighted by atomic mass is 10.1. The number of aryl methyl sites for hydroxylation is 1. The van der Waals surface area contributed by atoms with Gasteiger partial charge in [0.1, 0.15) is 5.15 Å². The first kappa shape index (κ1) is 14.8. The monoisotopic (exact) mass is 310 g/mol. The Balaban J connectivity index is 2.22. The highest BCUT2D eigenvalue weighted by Gasteiger charge is 2.11. The molecule has 0 saturated heterocycles. The predicted molar refractivity (Wildman–Crippen MR) is 77.8 cm³/mol. The Morgan fingerprint density at radius 1 is 1.30 bits per heavy atom. The van der Waals surface area contributed by atoms with Gasteiger partial charge in [0.25, 0.3) is 0 Å². The number of hydrogen-bond acceptors (Lipinski definition) is 4. The second-order valence-corrected chi connectivity index (χ2v) is 4.83. The maximum Gasteiger partial charge on any atom is 0.305 e. The third-order valence-corrected chi connectivity index (χ3v) is 3.41. The van der Waals surface area contributed by atoms with E-state index in [1.54, 1.807) is 12.3 Å². The van der Waals surface area contributed by atoms with Crippen molar-refractivity contribution in [2.24, 2.45) is 0 Å². The summed E-state index contributed by atoms with van der Waals surface area (Å²) in [7, 11) is 1.35. The Kier molecular flexibility index (Phi) is 4.93. The van der Waals surface area contributed by atoms with E-state index < -0.39 is 0 Å². The van der Waals surface area contributed by atoms with E-state index >= 15 is 0 Å². The van der Waals surface area contributed by atoms with Gasteiger partial charge in [0.05, 0.1) is 12.1 Å². The van der Waals surface area contributed by atoms with Gasteiger partial charge >= 0.3 is 5.97 Å². The van der Waals surface area contributed by atoms with E-state index in [4.69, 9.17) is 23.2 Å². The van der Waals surface area contributed by atoms with Gasteiger partial charge in [-0.15, -0.1) is 0 Å². The maximum atomic E-state index is 11.1. The van der Waals surface area contributed by atoms with Crippen LogP contribution in [0.3, 0.4) is 0 Å². The molecule has 2 aromatic rings. The number of ether oxygens (including phenoxy) is 1. The zero-order chi connectivity index (χ0) is 14.5. The number of carbonyl (C=O) groups excluding carboxylic acids is 1. The zero-order valence-electron chi connectivity index (χ0n) is 10.8. The van der Waals surface area contributed by atoms with Crippen molar-refractivity contribution in [3.63, 3.8) is 0 Å². The number of hydrogen-bond donors (Lipinski definition) is 0. The molecular weight excluding hydrogens is 299 g/mol. The third kappa shape index (κ3) is 3.46. The summed E-state index contributed by atoms with van der Waals surface area (Å²) in [6, 6.07) is 7.27. The van der Waals surface area contributed by atoms with Crippen LogP contribution < -0.4 is 0 Å². The minimum atomic E-state index is -0.295. The van der Waals surface area contributed by atoms with Crippen LogP contribution in [-0.4, -0.2) is 23.0 Å². The molecule has 0 unspecified atom stereocenters.